The Morgan fingerprint density at radius 2 is 2.23 bits per heavy atom. The van der Waals surface area contributed by atoms with E-state index in [1.54, 1.807) is 6.07 Å². The molecule has 0 N–H and O–H groups in total. The minimum absolute atomic E-state index is 0.0939. The molecule has 0 radical (unpaired) electrons. The molecule has 0 amide bonds. The van der Waals surface area contributed by atoms with Crippen LogP contribution in [0.15, 0.2) is 12.1 Å². The Morgan fingerprint density at radius 1 is 1.54 bits per heavy atom. The van der Waals surface area contributed by atoms with Crippen molar-refractivity contribution in [2.75, 3.05) is 7.11 Å². The fraction of sp³-hybridized carbons (Fsp3) is 0.300. The van der Waals surface area contributed by atoms with Crippen LogP contribution in [-0.4, -0.2) is 7.11 Å². The second-order valence-electron chi connectivity index (χ2n) is 2.75. The molecule has 3 heteroatoms. The van der Waals surface area contributed by atoms with E-state index in [2.05, 4.69) is 0 Å². The lowest BCUT2D eigenvalue weighted by Gasteiger charge is -2.06. The Morgan fingerprint density at radius 3 is 2.77 bits per heavy atom. The highest BCUT2D eigenvalue weighted by Crippen LogP contribution is 2.21. The number of halogens is 1. The number of ether oxygens (including phenoxy) is 1. The summed E-state index contributed by atoms with van der Waals surface area (Å²) in [4.78, 5) is 0. The fourth-order valence-electron chi connectivity index (χ4n) is 1.16. The molecule has 0 aromatic heterocycles. The largest absolute Gasteiger partial charge is 0.496 e. The molecule has 1 aromatic rings. The maximum Gasteiger partial charge on any atom is 0.131 e. The molecular weight excluding hydrogens is 169 g/mol. The molecule has 0 bridgehead atoms. The van der Waals surface area contributed by atoms with Crippen LogP contribution in [0.3, 0.4) is 0 Å². The molecule has 0 aliphatic heterocycles. The Bertz CT molecular complexity index is 355. The number of nitriles is 1. The normalized spacial score (nSPS) is 9.38. The van der Waals surface area contributed by atoms with Gasteiger partial charge >= 0.3 is 0 Å². The molecule has 0 spiro atoms. The first-order valence-corrected chi connectivity index (χ1v) is 3.89. The highest BCUT2D eigenvalue weighted by Gasteiger charge is 2.06. The van der Waals surface area contributed by atoms with Gasteiger partial charge in [-0.25, -0.2) is 4.39 Å². The van der Waals surface area contributed by atoms with Crippen LogP contribution in [-0.2, 0) is 6.42 Å². The van der Waals surface area contributed by atoms with Crippen LogP contribution in [0.1, 0.15) is 11.1 Å². The van der Waals surface area contributed by atoms with Gasteiger partial charge in [0.05, 0.1) is 19.6 Å². The molecular formula is C10H10FNO. The summed E-state index contributed by atoms with van der Waals surface area (Å²) in [6, 6.07) is 4.85. The Labute approximate surface area is 76.6 Å². The summed E-state index contributed by atoms with van der Waals surface area (Å²) in [6.45, 7) is 1.82. The molecule has 0 saturated heterocycles. The van der Waals surface area contributed by atoms with Crippen molar-refractivity contribution < 1.29 is 9.13 Å². The van der Waals surface area contributed by atoms with Gasteiger partial charge in [0.1, 0.15) is 11.6 Å². The minimum Gasteiger partial charge on any atom is -0.496 e. The van der Waals surface area contributed by atoms with E-state index in [9.17, 15) is 4.39 Å². The van der Waals surface area contributed by atoms with E-state index in [1.165, 1.54) is 13.2 Å². The van der Waals surface area contributed by atoms with E-state index in [0.29, 0.717) is 11.3 Å². The number of rotatable bonds is 2. The van der Waals surface area contributed by atoms with Crippen LogP contribution in [0, 0.1) is 24.1 Å². The van der Waals surface area contributed by atoms with Crippen molar-refractivity contribution in [1.29, 1.82) is 5.26 Å². The zero-order valence-electron chi connectivity index (χ0n) is 7.60. The third-order valence-electron chi connectivity index (χ3n) is 1.83. The second-order valence-corrected chi connectivity index (χ2v) is 2.75. The molecule has 0 saturated carbocycles. The molecule has 0 unspecified atom stereocenters. The molecule has 0 aliphatic carbocycles. The van der Waals surface area contributed by atoms with Gasteiger partial charge in [0.15, 0.2) is 0 Å². The molecule has 0 atom stereocenters. The summed E-state index contributed by atoms with van der Waals surface area (Å²) in [5.41, 5.74) is 1.26. The van der Waals surface area contributed by atoms with E-state index in [-0.39, 0.29) is 12.2 Å². The van der Waals surface area contributed by atoms with Crippen LogP contribution >= 0.6 is 0 Å². The minimum atomic E-state index is -0.385. The van der Waals surface area contributed by atoms with E-state index < -0.39 is 0 Å². The topological polar surface area (TPSA) is 33.0 Å². The standard InChI is InChI=1S/C10H10FNO/c1-7-5-8(3-4-12)9(11)6-10(7)13-2/h5-6H,3H2,1-2H3. The summed E-state index contributed by atoms with van der Waals surface area (Å²) >= 11 is 0. The van der Waals surface area contributed by atoms with Crippen molar-refractivity contribution >= 4 is 0 Å². The van der Waals surface area contributed by atoms with Gasteiger partial charge in [-0.15, -0.1) is 0 Å². The zero-order valence-corrected chi connectivity index (χ0v) is 7.60. The van der Waals surface area contributed by atoms with Gasteiger partial charge in [0.25, 0.3) is 0 Å². The Balaban J connectivity index is 3.14. The third-order valence-corrected chi connectivity index (χ3v) is 1.83. The first-order valence-electron chi connectivity index (χ1n) is 3.89. The lowest BCUT2D eigenvalue weighted by atomic mass is 10.1. The van der Waals surface area contributed by atoms with Gasteiger partial charge in [-0.05, 0) is 18.6 Å². The average Bonchev–Trinajstić information content (AvgIpc) is 2.11. The summed E-state index contributed by atoms with van der Waals surface area (Å²) in [7, 11) is 1.49. The van der Waals surface area contributed by atoms with Crippen LogP contribution < -0.4 is 4.74 Å². The van der Waals surface area contributed by atoms with E-state index >= 15 is 0 Å². The monoisotopic (exact) mass is 179 g/mol. The van der Waals surface area contributed by atoms with Crippen LogP contribution in [0.2, 0.25) is 0 Å². The molecule has 13 heavy (non-hydrogen) atoms. The van der Waals surface area contributed by atoms with E-state index in [4.69, 9.17) is 10.00 Å². The lowest BCUT2D eigenvalue weighted by Crippen LogP contribution is -1.94. The number of hydrogen-bond acceptors (Lipinski definition) is 2. The van der Waals surface area contributed by atoms with Crippen LogP contribution in [0.4, 0.5) is 4.39 Å². The molecule has 0 aliphatic rings. The average molecular weight is 179 g/mol. The number of nitrogens with zero attached hydrogens (tertiary/aromatic N) is 1. The van der Waals surface area contributed by atoms with Gasteiger partial charge in [-0.1, -0.05) is 0 Å². The lowest BCUT2D eigenvalue weighted by molar-refractivity contribution is 0.407. The third kappa shape index (κ3) is 1.97. The SMILES string of the molecule is COc1cc(F)c(CC#N)cc1C. The highest BCUT2D eigenvalue weighted by atomic mass is 19.1. The van der Waals surface area contributed by atoms with E-state index in [1.807, 2.05) is 13.0 Å². The van der Waals surface area contributed by atoms with Gasteiger partial charge in [0.2, 0.25) is 0 Å². The number of hydrogen-bond donors (Lipinski definition) is 0. The van der Waals surface area contributed by atoms with Gasteiger partial charge in [0, 0.05) is 11.6 Å². The quantitative estimate of drug-likeness (QED) is 0.697. The molecule has 2 nitrogen and oxygen atoms in total. The Kier molecular flexibility index (Phi) is 2.86. The van der Waals surface area contributed by atoms with Crippen molar-refractivity contribution in [3.8, 4) is 11.8 Å². The first-order chi connectivity index (χ1) is 6.19. The summed E-state index contributed by atoms with van der Waals surface area (Å²) in [5.74, 6) is 0.128. The molecule has 0 fully saturated rings. The second kappa shape index (κ2) is 3.90. The number of methoxy groups -OCH3 is 1. The molecule has 68 valence electrons. The number of aryl methyl sites for hydroxylation is 1. The molecule has 1 rings (SSSR count). The van der Waals surface area contributed by atoms with Gasteiger partial charge in [-0.2, -0.15) is 5.26 Å². The van der Waals surface area contributed by atoms with Crippen LogP contribution in [0.5, 0.6) is 5.75 Å². The van der Waals surface area contributed by atoms with Crippen molar-refractivity contribution in [2.24, 2.45) is 0 Å². The predicted molar refractivity (Wildman–Crippen MR) is 47.0 cm³/mol. The van der Waals surface area contributed by atoms with Gasteiger partial charge < -0.3 is 4.74 Å². The number of benzene rings is 1. The molecule has 1 aromatic carbocycles. The summed E-state index contributed by atoms with van der Waals surface area (Å²) in [6.07, 6.45) is 0.0939. The predicted octanol–water partition coefficient (Wildman–Crippen LogP) is 2.21. The zero-order chi connectivity index (χ0) is 9.84. The smallest absolute Gasteiger partial charge is 0.131 e. The molecule has 0 heterocycles. The fourth-order valence-corrected chi connectivity index (χ4v) is 1.16. The van der Waals surface area contributed by atoms with Crippen molar-refractivity contribution in [1.82, 2.24) is 0 Å². The summed E-state index contributed by atoms with van der Waals surface area (Å²) < 4.78 is 18.1. The first kappa shape index (κ1) is 9.53. The van der Waals surface area contributed by atoms with E-state index in [0.717, 1.165) is 5.56 Å². The maximum absolute atomic E-state index is 13.2. The Hall–Kier alpha value is -1.56. The highest BCUT2D eigenvalue weighted by molar-refractivity contribution is 5.38. The maximum atomic E-state index is 13.2. The van der Waals surface area contributed by atoms with Crippen molar-refractivity contribution in [3.05, 3.63) is 29.1 Å². The van der Waals surface area contributed by atoms with Crippen LogP contribution in [0.25, 0.3) is 0 Å². The summed E-state index contributed by atoms with van der Waals surface area (Å²) in [5, 5.41) is 8.41. The van der Waals surface area contributed by atoms with Gasteiger partial charge in [-0.3, -0.25) is 0 Å². The van der Waals surface area contributed by atoms with Crippen molar-refractivity contribution in [3.63, 3.8) is 0 Å². The van der Waals surface area contributed by atoms with Crippen molar-refractivity contribution in [2.45, 2.75) is 13.3 Å².